The summed E-state index contributed by atoms with van der Waals surface area (Å²) in [6.45, 7) is 4.64. The zero-order chi connectivity index (χ0) is 19.1. The molecule has 2 amide bonds. The van der Waals surface area contributed by atoms with Crippen LogP contribution in [0.3, 0.4) is 0 Å². The molecule has 6 heteroatoms. The van der Waals surface area contributed by atoms with Crippen molar-refractivity contribution in [1.29, 1.82) is 0 Å². The van der Waals surface area contributed by atoms with Crippen LogP contribution in [0.1, 0.15) is 48.0 Å². The van der Waals surface area contributed by atoms with Crippen molar-refractivity contribution in [3.05, 3.63) is 29.3 Å². The highest BCUT2D eigenvalue weighted by atomic mass is 32.2. The molecule has 2 N–H and O–H groups in total. The lowest BCUT2D eigenvalue weighted by Crippen LogP contribution is -2.38. The largest absolute Gasteiger partial charge is 0.376 e. The standard InChI is InChI=1S/C21H31N3O2S/c1-16-7-8-18(21(26)24-9-11-27-12-10-24)13-19(16)22-15-20(25)23-14-17-5-3-2-4-6-17/h7-8,13,17,22H,2-6,9-12,14-15H2,1H3,(H,23,25). The minimum atomic E-state index is 0.0183. The number of thioether (sulfide) groups is 1. The molecule has 148 valence electrons. The Morgan fingerprint density at radius 3 is 2.63 bits per heavy atom. The molecule has 0 atom stereocenters. The van der Waals surface area contributed by atoms with Gasteiger partial charge in [0.25, 0.3) is 5.91 Å². The second-order valence-electron chi connectivity index (χ2n) is 7.60. The van der Waals surface area contributed by atoms with Gasteiger partial charge in [-0.1, -0.05) is 25.3 Å². The van der Waals surface area contributed by atoms with E-state index in [9.17, 15) is 9.59 Å². The van der Waals surface area contributed by atoms with Gasteiger partial charge in [0, 0.05) is 42.4 Å². The van der Waals surface area contributed by atoms with E-state index in [1.807, 2.05) is 41.8 Å². The minimum absolute atomic E-state index is 0.0183. The molecule has 2 fully saturated rings. The number of carbonyl (C=O) groups excluding carboxylic acids is 2. The monoisotopic (exact) mass is 389 g/mol. The third-order valence-corrected chi connectivity index (χ3v) is 6.48. The van der Waals surface area contributed by atoms with E-state index in [4.69, 9.17) is 0 Å². The minimum Gasteiger partial charge on any atom is -0.376 e. The predicted octanol–water partition coefficient (Wildman–Crippen LogP) is 3.29. The van der Waals surface area contributed by atoms with Crippen molar-refractivity contribution in [3.8, 4) is 0 Å². The summed E-state index contributed by atoms with van der Waals surface area (Å²) in [5.41, 5.74) is 2.60. The summed E-state index contributed by atoms with van der Waals surface area (Å²) >= 11 is 1.89. The Kier molecular flexibility index (Phi) is 7.44. The molecule has 1 saturated carbocycles. The van der Waals surface area contributed by atoms with Crippen LogP contribution in [-0.2, 0) is 4.79 Å². The van der Waals surface area contributed by atoms with Crippen molar-refractivity contribution in [2.75, 3.05) is 43.0 Å². The smallest absolute Gasteiger partial charge is 0.253 e. The van der Waals surface area contributed by atoms with Crippen molar-refractivity contribution in [1.82, 2.24) is 10.2 Å². The first-order chi connectivity index (χ1) is 13.1. The topological polar surface area (TPSA) is 61.4 Å². The highest BCUT2D eigenvalue weighted by Gasteiger charge is 2.19. The fourth-order valence-electron chi connectivity index (χ4n) is 3.78. The SMILES string of the molecule is Cc1ccc(C(=O)N2CCSCC2)cc1NCC(=O)NCC1CCCCC1. The van der Waals surface area contributed by atoms with Crippen molar-refractivity contribution in [2.45, 2.75) is 39.0 Å². The molecule has 1 aromatic carbocycles. The second kappa shape index (κ2) is 10.0. The molecule has 0 bridgehead atoms. The Hall–Kier alpha value is -1.69. The third-order valence-electron chi connectivity index (χ3n) is 5.53. The number of benzene rings is 1. The van der Waals surface area contributed by atoms with Crippen LogP contribution in [0.5, 0.6) is 0 Å². The van der Waals surface area contributed by atoms with Gasteiger partial charge in [0.05, 0.1) is 6.54 Å². The van der Waals surface area contributed by atoms with Gasteiger partial charge in [-0.2, -0.15) is 11.8 Å². The molecule has 0 unspecified atom stereocenters. The number of aryl methyl sites for hydroxylation is 1. The number of nitrogens with zero attached hydrogens (tertiary/aromatic N) is 1. The van der Waals surface area contributed by atoms with Gasteiger partial charge in [-0.3, -0.25) is 9.59 Å². The highest BCUT2D eigenvalue weighted by Crippen LogP contribution is 2.23. The van der Waals surface area contributed by atoms with Crippen LogP contribution < -0.4 is 10.6 Å². The quantitative estimate of drug-likeness (QED) is 0.784. The second-order valence-corrected chi connectivity index (χ2v) is 8.82. The summed E-state index contributed by atoms with van der Waals surface area (Å²) in [4.78, 5) is 26.8. The molecule has 0 spiro atoms. The van der Waals surface area contributed by atoms with Crippen LogP contribution in [-0.4, -0.2) is 54.4 Å². The molecule has 3 rings (SSSR count). The first-order valence-electron chi connectivity index (χ1n) is 10.1. The molecular formula is C21H31N3O2S. The Morgan fingerprint density at radius 1 is 1.15 bits per heavy atom. The van der Waals surface area contributed by atoms with E-state index in [2.05, 4.69) is 10.6 Å². The van der Waals surface area contributed by atoms with Crippen LogP contribution in [0.15, 0.2) is 18.2 Å². The van der Waals surface area contributed by atoms with E-state index >= 15 is 0 Å². The summed E-state index contributed by atoms with van der Waals surface area (Å²) in [6.07, 6.45) is 6.36. The van der Waals surface area contributed by atoms with Crippen molar-refractivity contribution >= 4 is 29.3 Å². The van der Waals surface area contributed by atoms with E-state index in [-0.39, 0.29) is 18.4 Å². The molecule has 0 aromatic heterocycles. The number of hydrogen-bond donors (Lipinski definition) is 2. The summed E-state index contributed by atoms with van der Waals surface area (Å²) in [5, 5.41) is 6.26. The summed E-state index contributed by atoms with van der Waals surface area (Å²) < 4.78 is 0. The van der Waals surface area contributed by atoms with Crippen LogP contribution in [0, 0.1) is 12.8 Å². The number of rotatable bonds is 6. The summed E-state index contributed by atoms with van der Waals surface area (Å²) in [6, 6.07) is 5.72. The molecule has 1 heterocycles. The first-order valence-corrected chi connectivity index (χ1v) is 11.3. The maximum atomic E-state index is 12.7. The van der Waals surface area contributed by atoms with Gasteiger partial charge in [-0.05, 0) is 43.4 Å². The Balaban J connectivity index is 1.51. The molecule has 27 heavy (non-hydrogen) atoms. The average Bonchev–Trinajstić information content (AvgIpc) is 2.72. The number of anilines is 1. The number of hydrogen-bond acceptors (Lipinski definition) is 4. The summed E-state index contributed by atoms with van der Waals surface area (Å²) in [7, 11) is 0. The van der Waals surface area contributed by atoms with Crippen molar-refractivity contribution < 1.29 is 9.59 Å². The third kappa shape index (κ3) is 5.89. The Labute approximate surface area is 166 Å². The molecule has 1 aliphatic carbocycles. The normalized spacial score (nSPS) is 18.2. The highest BCUT2D eigenvalue weighted by molar-refractivity contribution is 7.99. The van der Waals surface area contributed by atoms with Gasteiger partial charge in [0.2, 0.25) is 5.91 Å². The molecule has 2 aliphatic rings. The lowest BCUT2D eigenvalue weighted by atomic mass is 9.89. The van der Waals surface area contributed by atoms with E-state index in [1.54, 1.807) is 0 Å². The van der Waals surface area contributed by atoms with Gasteiger partial charge < -0.3 is 15.5 Å². The molecule has 1 aromatic rings. The van der Waals surface area contributed by atoms with Gasteiger partial charge in [-0.25, -0.2) is 0 Å². The van der Waals surface area contributed by atoms with Crippen molar-refractivity contribution in [2.24, 2.45) is 5.92 Å². The van der Waals surface area contributed by atoms with Gasteiger partial charge in [-0.15, -0.1) is 0 Å². The molecule has 5 nitrogen and oxygen atoms in total. The number of carbonyl (C=O) groups is 2. The van der Waals surface area contributed by atoms with E-state index < -0.39 is 0 Å². The molecule has 0 radical (unpaired) electrons. The lowest BCUT2D eigenvalue weighted by Gasteiger charge is -2.26. The van der Waals surface area contributed by atoms with Crippen LogP contribution >= 0.6 is 11.8 Å². The van der Waals surface area contributed by atoms with Gasteiger partial charge in [0.1, 0.15) is 0 Å². The van der Waals surface area contributed by atoms with Gasteiger partial charge in [0.15, 0.2) is 0 Å². The lowest BCUT2D eigenvalue weighted by molar-refractivity contribution is -0.119. The van der Waals surface area contributed by atoms with Gasteiger partial charge >= 0.3 is 0 Å². The Morgan fingerprint density at radius 2 is 1.89 bits per heavy atom. The van der Waals surface area contributed by atoms with Crippen LogP contribution in [0.2, 0.25) is 0 Å². The van der Waals surface area contributed by atoms with Crippen LogP contribution in [0.25, 0.3) is 0 Å². The fraction of sp³-hybridized carbons (Fsp3) is 0.619. The van der Waals surface area contributed by atoms with Crippen molar-refractivity contribution in [3.63, 3.8) is 0 Å². The number of nitrogens with one attached hydrogen (secondary N) is 2. The molecule has 1 saturated heterocycles. The summed E-state index contributed by atoms with van der Waals surface area (Å²) in [5.74, 6) is 2.74. The maximum absolute atomic E-state index is 12.7. The fourth-order valence-corrected chi connectivity index (χ4v) is 4.69. The maximum Gasteiger partial charge on any atom is 0.253 e. The van der Waals surface area contributed by atoms with E-state index in [0.717, 1.165) is 42.4 Å². The van der Waals surface area contributed by atoms with Crippen LogP contribution in [0.4, 0.5) is 5.69 Å². The molecular weight excluding hydrogens is 358 g/mol. The number of amides is 2. The predicted molar refractivity (Wildman–Crippen MR) is 112 cm³/mol. The average molecular weight is 390 g/mol. The zero-order valence-corrected chi connectivity index (χ0v) is 17.1. The zero-order valence-electron chi connectivity index (χ0n) is 16.3. The first kappa shape index (κ1) is 20.1. The van der Waals surface area contributed by atoms with E-state index in [1.165, 1.54) is 32.1 Å². The Bertz CT molecular complexity index is 653. The van der Waals surface area contributed by atoms with E-state index in [0.29, 0.717) is 11.5 Å². The molecule has 1 aliphatic heterocycles.